The van der Waals surface area contributed by atoms with Crippen LogP contribution in [0.4, 0.5) is 0 Å². The summed E-state index contributed by atoms with van der Waals surface area (Å²) in [5.41, 5.74) is 0. The van der Waals surface area contributed by atoms with E-state index >= 15 is 0 Å². The van der Waals surface area contributed by atoms with E-state index in [0.29, 0.717) is 0 Å². The Kier molecular flexibility index (Phi) is 6.50. The van der Waals surface area contributed by atoms with Gasteiger partial charge in [-0.05, 0) is 0 Å². The fourth-order valence-electron chi connectivity index (χ4n) is 1.15. The van der Waals surface area contributed by atoms with Crippen molar-refractivity contribution in [1.82, 2.24) is 0 Å². The Morgan fingerprint density at radius 1 is 0.882 bits per heavy atom. The Labute approximate surface area is 113 Å². The number of hydrogen-bond donors (Lipinski definition) is 1. The minimum absolute atomic E-state index is 0.613. The molecule has 0 fully saturated rings. The first-order valence-electron chi connectivity index (χ1n) is 5.20. The van der Waals surface area contributed by atoms with Crippen LogP contribution in [-0.4, -0.2) is 34.3 Å². The first kappa shape index (κ1) is 13.9. The van der Waals surface area contributed by atoms with Gasteiger partial charge in [0.25, 0.3) is 5.97 Å². The third kappa shape index (κ3) is 6.86. The topological polar surface area (TPSA) is 37.3 Å². The van der Waals surface area contributed by atoms with E-state index in [1.165, 1.54) is 0 Å². The van der Waals surface area contributed by atoms with Crippen molar-refractivity contribution in [3.63, 3.8) is 0 Å². The van der Waals surface area contributed by atoms with E-state index in [1.807, 2.05) is 0 Å². The summed E-state index contributed by atoms with van der Waals surface area (Å²) in [6.07, 6.45) is 0. The summed E-state index contributed by atoms with van der Waals surface area (Å²) in [6, 6.07) is 21.6. The van der Waals surface area contributed by atoms with E-state index < -0.39 is 29.2 Å². The van der Waals surface area contributed by atoms with Gasteiger partial charge in [-0.25, -0.2) is 0 Å². The SMILES string of the molecule is CC(=O)O.c1cc[c]([Bi][c]2ccccc2)cc1. The first-order chi connectivity index (χ1) is 8.18. The molecule has 0 saturated heterocycles. The predicted octanol–water partition coefficient (Wildman–Crippen LogP) is 1.43. The number of rotatable bonds is 2. The summed E-state index contributed by atoms with van der Waals surface area (Å²) in [7, 11) is 0. The zero-order valence-electron chi connectivity index (χ0n) is 9.58. The third-order valence-electron chi connectivity index (χ3n) is 1.77. The number of hydrogen-bond acceptors (Lipinski definition) is 1. The summed E-state index contributed by atoms with van der Waals surface area (Å²) in [5, 5.41) is 7.42. The molecule has 2 nitrogen and oxygen atoms in total. The van der Waals surface area contributed by atoms with Gasteiger partial charge in [0, 0.05) is 6.92 Å². The molecule has 0 heterocycles. The Morgan fingerprint density at radius 2 is 1.18 bits per heavy atom. The second-order valence-electron chi connectivity index (χ2n) is 3.30. The van der Waals surface area contributed by atoms with Crippen LogP contribution in [0.3, 0.4) is 0 Å². The molecule has 0 amide bonds. The van der Waals surface area contributed by atoms with Crippen LogP contribution in [0.2, 0.25) is 0 Å². The van der Waals surface area contributed by atoms with E-state index in [4.69, 9.17) is 9.90 Å². The van der Waals surface area contributed by atoms with E-state index in [-0.39, 0.29) is 0 Å². The van der Waals surface area contributed by atoms with Gasteiger partial charge in [-0.15, -0.1) is 0 Å². The molecule has 0 aromatic heterocycles. The van der Waals surface area contributed by atoms with E-state index in [0.717, 1.165) is 6.92 Å². The maximum absolute atomic E-state index is 9.00. The molecule has 0 bridgehead atoms. The minimum atomic E-state index is -0.833. The average molecular weight is 423 g/mol. The normalized spacial score (nSPS) is 9.00. The van der Waals surface area contributed by atoms with Crippen LogP contribution >= 0.6 is 0 Å². The molecule has 2 rings (SSSR count). The summed E-state index contributed by atoms with van der Waals surface area (Å²) in [4.78, 5) is 9.00. The first-order valence-corrected chi connectivity index (χ1v) is 8.67. The van der Waals surface area contributed by atoms with Crippen LogP contribution in [0.1, 0.15) is 6.92 Å². The van der Waals surface area contributed by atoms with Crippen LogP contribution in [0.5, 0.6) is 0 Å². The number of carboxylic acid groups (broad SMARTS) is 1. The molecule has 0 unspecified atom stereocenters. The molecule has 0 aliphatic rings. The van der Waals surface area contributed by atoms with Gasteiger partial charge >= 0.3 is 90.4 Å². The molecular formula is C14H14BiO2. The summed E-state index contributed by atoms with van der Waals surface area (Å²) >= 11 is -0.613. The van der Waals surface area contributed by atoms with Crippen molar-refractivity contribution in [2.45, 2.75) is 6.92 Å². The van der Waals surface area contributed by atoms with Gasteiger partial charge in [0.05, 0.1) is 0 Å². The molecule has 0 aliphatic carbocycles. The van der Waals surface area contributed by atoms with Crippen molar-refractivity contribution in [3.8, 4) is 0 Å². The third-order valence-corrected chi connectivity index (χ3v) is 6.10. The van der Waals surface area contributed by atoms with Gasteiger partial charge in [0.15, 0.2) is 0 Å². The van der Waals surface area contributed by atoms with E-state index in [2.05, 4.69) is 60.7 Å². The van der Waals surface area contributed by atoms with Crippen LogP contribution in [0.25, 0.3) is 0 Å². The van der Waals surface area contributed by atoms with Gasteiger partial charge in [0.2, 0.25) is 0 Å². The van der Waals surface area contributed by atoms with Crippen molar-refractivity contribution in [1.29, 1.82) is 0 Å². The number of carboxylic acids is 1. The standard InChI is InChI=1S/2C6H5.C2H4O2.Bi/c2*1-2-4-6-5-3-1;1-2(3)4;/h2*1-5H;1H3,(H,3,4);. The molecule has 0 spiro atoms. The Hall–Kier alpha value is -1.21. The number of aliphatic carboxylic acids is 1. The Morgan fingerprint density at radius 3 is 1.47 bits per heavy atom. The zero-order valence-corrected chi connectivity index (χ0v) is 13.1. The summed E-state index contributed by atoms with van der Waals surface area (Å²) in [5.74, 6) is -0.833. The quantitative estimate of drug-likeness (QED) is 0.743. The van der Waals surface area contributed by atoms with Crippen LogP contribution in [0, 0.1) is 0 Å². The molecule has 2 aromatic carbocycles. The fraction of sp³-hybridized carbons (Fsp3) is 0.0714. The van der Waals surface area contributed by atoms with Gasteiger partial charge < -0.3 is 5.11 Å². The monoisotopic (exact) mass is 423 g/mol. The second-order valence-corrected chi connectivity index (χ2v) is 8.19. The maximum atomic E-state index is 9.00. The molecule has 0 aliphatic heterocycles. The fourth-order valence-corrected chi connectivity index (χ4v) is 4.81. The van der Waals surface area contributed by atoms with Crippen molar-refractivity contribution in [2.75, 3.05) is 0 Å². The van der Waals surface area contributed by atoms with Gasteiger partial charge in [-0.1, -0.05) is 0 Å². The molecule has 1 radical (unpaired) electrons. The average Bonchev–Trinajstić information content (AvgIpc) is 2.31. The van der Waals surface area contributed by atoms with Gasteiger partial charge in [-0.2, -0.15) is 0 Å². The zero-order chi connectivity index (χ0) is 12.5. The predicted molar refractivity (Wildman–Crippen MR) is 71.2 cm³/mol. The Balaban J connectivity index is 0.000000317. The van der Waals surface area contributed by atoms with E-state index in [9.17, 15) is 0 Å². The molecule has 2 aromatic rings. The van der Waals surface area contributed by atoms with E-state index in [1.54, 1.807) is 6.54 Å². The van der Waals surface area contributed by atoms with Crippen molar-refractivity contribution >= 4 is 35.7 Å². The van der Waals surface area contributed by atoms with Gasteiger partial charge in [-0.3, -0.25) is 4.79 Å². The van der Waals surface area contributed by atoms with Crippen molar-refractivity contribution in [2.24, 2.45) is 0 Å². The number of carbonyl (C=O) groups is 1. The van der Waals surface area contributed by atoms with Gasteiger partial charge in [0.1, 0.15) is 0 Å². The molecule has 1 N–H and O–H groups in total. The van der Waals surface area contributed by atoms with Crippen LogP contribution in [-0.2, 0) is 4.79 Å². The molecule has 0 atom stereocenters. The number of benzene rings is 2. The molecule has 0 saturated carbocycles. The molecule has 87 valence electrons. The molecule has 3 heteroatoms. The molecular weight excluding hydrogens is 409 g/mol. The second kappa shape index (κ2) is 7.97. The van der Waals surface area contributed by atoms with Crippen molar-refractivity contribution in [3.05, 3.63) is 60.7 Å². The summed E-state index contributed by atoms with van der Waals surface area (Å²) < 4.78 is 3.10. The van der Waals surface area contributed by atoms with Crippen LogP contribution < -0.4 is 6.54 Å². The van der Waals surface area contributed by atoms with Crippen molar-refractivity contribution < 1.29 is 9.90 Å². The Bertz CT molecular complexity index is 399. The molecule has 17 heavy (non-hydrogen) atoms. The summed E-state index contributed by atoms with van der Waals surface area (Å²) in [6.45, 7) is 1.08. The van der Waals surface area contributed by atoms with Crippen LogP contribution in [0.15, 0.2) is 60.7 Å².